The van der Waals surface area contributed by atoms with Crippen LogP contribution in [0.25, 0.3) is 0 Å². The van der Waals surface area contributed by atoms with Crippen LogP contribution in [0.3, 0.4) is 0 Å². The number of nitrogens with zero attached hydrogens (tertiary/aromatic N) is 2. The smallest absolute Gasteiger partial charge is 0.324 e. The van der Waals surface area contributed by atoms with E-state index in [0.717, 1.165) is 17.0 Å². The molecule has 5 nitrogen and oxygen atoms in total. The minimum atomic E-state index is -0.485. The number of H-pyrrole nitrogens is 1. The summed E-state index contributed by atoms with van der Waals surface area (Å²) in [4.78, 5) is 16.8. The van der Waals surface area contributed by atoms with Crippen molar-refractivity contribution in [2.75, 3.05) is 6.61 Å². The molecule has 1 aromatic heterocycles. The molecule has 1 heterocycles. The number of aromatic nitrogens is 3. The van der Waals surface area contributed by atoms with Crippen LogP contribution in [0.15, 0.2) is 65.8 Å². The first kappa shape index (κ1) is 17.2. The summed E-state index contributed by atoms with van der Waals surface area (Å²) in [6.45, 7) is 2.14. The van der Waals surface area contributed by atoms with Gasteiger partial charge in [-0.3, -0.25) is 9.89 Å². The Balaban J connectivity index is 1.75. The average molecular weight is 353 g/mol. The van der Waals surface area contributed by atoms with Crippen molar-refractivity contribution in [3.05, 3.63) is 77.6 Å². The minimum Gasteiger partial charge on any atom is -0.465 e. The maximum atomic E-state index is 12.3. The van der Waals surface area contributed by atoms with Gasteiger partial charge in [-0.1, -0.05) is 72.4 Å². The van der Waals surface area contributed by atoms with Crippen LogP contribution in [-0.2, 0) is 16.0 Å². The molecule has 1 unspecified atom stereocenters. The maximum absolute atomic E-state index is 12.3. The molecular formula is C19H19N3O2S. The van der Waals surface area contributed by atoms with E-state index < -0.39 is 5.25 Å². The second-order valence-electron chi connectivity index (χ2n) is 5.39. The van der Waals surface area contributed by atoms with Gasteiger partial charge in [-0.2, -0.15) is 0 Å². The van der Waals surface area contributed by atoms with Gasteiger partial charge in [0.1, 0.15) is 11.1 Å². The van der Waals surface area contributed by atoms with Crippen molar-refractivity contribution in [1.82, 2.24) is 15.2 Å². The van der Waals surface area contributed by atoms with E-state index >= 15 is 0 Å². The SMILES string of the molecule is CCOC(=O)C(Sc1n[nH]c(Cc2ccccc2)n1)c1ccccc1. The standard InChI is InChI=1S/C19H19N3O2S/c1-2-24-18(23)17(15-11-7-4-8-12-15)25-19-20-16(21-22-19)13-14-9-5-3-6-10-14/h3-12,17H,2,13H2,1H3,(H,20,21,22). The normalized spacial score (nSPS) is 11.9. The molecular weight excluding hydrogens is 334 g/mol. The number of carbonyl (C=O) groups is 1. The van der Waals surface area contributed by atoms with Crippen molar-refractivity contribution in [1.29, 1.82) is 0 Å². The van der Waals surface area contributed by atoms with Crippen LogP contribution in [0, 0.1) is 0 Å². The number of aromatic amines is 1. The summed E-state index contributed by atoms with van der Waals surface area (Å²) in [5.74, 6) is 0.484. The van der Waals surface area contributed by atoms with Crippen LogP contribution in [-0.4, -0.2) is 27.8 Å². The number of carbonyl (C=O) groups excluding carboxylic acids is 1. The molecule has 0 aliphatic carbocycles. The molecule has 0 saturated heterocycles. The maximum Gasteiger partial charge on any atom is 0.324 e. The number of esters is 1. The van der Waals surface area contributed by atoms with Crippen LogP contribution < -0.4 is 0 Å². The predicted octanol–water partition coefficient (Wildman–Crippen LogP) is 3.79. The van der Waals surface area contributed by atoms with Crippen LogP contribution >= 0.6 is 11.8 Å². The fraction of sp³-hybridized carbons (Fsp3) is 0.211. The molecule has 0 bridgehead atoms. The van der Waals surface area contributed by atoms with E-state index in [2.05, 4.69) is 15.2 Å². The number of nitrogens with one attached hydrogen (secondary N) is 1. The number of benzene rings is 2. The second-order valence-corrected chi connectivity index (χ2v) is 6.46. The number of hydrogen-bond acceptors (Lipinski definition) is 5. The summed E-state index contributed by atoms with van der Waals surface area (Å²) in [6, 6.07) is 19.6. The molecule has 0 spiro atoms. The van der Waals surface area contributed by atoms with E-state index in [-0.39, 0.29) is 5.97 Å². The Kier molecular flexibility index (Phi) is 5.85. The summed E-state index contributed by atoms with van der Waals surface area (Å²) < 4.78 is 5.21. The van der Waals surface area contributed by atoms with Crippen molar-refractivity contribution in [3.63, 3.8) is 0 Å². The van der Waals surface area contributed by atoms with E-state index in [9.17, 15) is 4.79 Å². The fourth-order valence-electron chi connectivity index (χ4n) is 2.40. The third kappa shape index (κ3) is 4.70. The summed E-state index contributed by atoms with van der Waals surface area (Å²) in [5, 5.41) is 7.24. The molecule has 0 amide bonds. The van der Waals surface area contributed by atoms with Crippen LogP contribution in [0.2, 0.25) is 0 Å². The van der Waals surface area contributed by atoms with Crippen LogP contribution in [0.1, 0.15) is 29.1 Å². The molecule has 2 aromatic carbocycles. The lowest BCUT2D eigenvalue weighted by Crippen LogP contribution is -2.13. The van der Waals surface area contributed by atoms with Gasteiger partial charge in [0, 0.05) is 6.42 Å². The number of hydrogen-bond donors (Lipinski definition) is 1. The highest BCUT2D eigenvalue weighted by atomic mass is 32.2. The minimum absolute atomic E-state index is 0.284. The van der Waals surface area contributed by atoms with Gasteiger partial charge in [-0.25, -0.2) is 4.98 Å². The van der Waals surface area contributed by atoms with Crippen LogP contribution in [0.4, 0.5) is 0 Å². The molecule has 0 radical (unpaired) electrons. The van der Waals surface area contributed by atoms with Crippen molar-refractivity contribution in [2.24, 2.45) is 0 Å². The molecule has 1 N–H and O–H groups in total. The van der Waals surface area contributed by atoms with Gasteiger partial charge in [-0.15, -0.1) is 5.10 Å². The average Bonchev–Trinajstić information content (AvgIpc) is 3.08. The van der Waals surface area contributed by atoms with E-state index in [4.69, 9.17) is 4.74 Å². The Morgan fingerprint density at radius 3 is 2.48 bits per heavy atom. The zero-order valence-electron chi connectivity index (χ0n) is 13.9. The fourth-order valence-corrected chi connectivity index (χ4v) is 3.33. The molecule has 6 heteroatoms. The van der Waals surface area contributed by atoms with Gasteiger partial charge in [0.2, 0.25) is 5.16 Å². The lowest BCUT2D eigenvalue weighted by Gasteiger charge is -2.13. The van der Waals surface area contributed by atoms with Gasteiger partial charge in [0.05, 0.1) is 6.61 Å². The largest absolute Gasteiger partial charge is 0.465 e. The monoisotopic (exact) mass is 353 g/mol. The summed E-state index contributed by atoms with van der Waals surface area (Å²) >= 11 is 1.29. The zero-order valence-corrected chi connectivity index (χ0v) is 14.7. The number of thioether (sulfide) groups is 1. The van der Waals surface area contributed by atoms with Gasteiger partial charge in [0.15, 0.2) is 0 Å². The molecule has 0 fully saturated rings. The molecule has 128 valence electrons. The lowest BCUT2D eigenvalue weighted by atomic mass is 10.1. The molecule has 25 heavy (non-hydrogen) atoms. The highest BCUT2D eigenvalue weighted by Gasteiger charge is 2.25. The van der Waals surface area contributed by atoms with Gasteiger partial charge in [-0.05, 0) is 18.1 Å². The van der Waals surface area contributed by atoms with Crippen molar-refractivity contribution in [3.8, 4) is 0 Å². The summed E-state index contributed by atoms with van der Waals surface area (Å²) in [6.07, 6.45) is 0.670. The molecule has 0 saturated carbocycles. The Morgan fingerprint density at radius 2 is 1.80 bits per heavy atom. The van der Waals surface area contributed by atoms with E-state index in [1.807, 2.05) is 60.7 Å². The molecule has 0 aliphatic rings. The third-order valence-corrected chi connectivity index (χ3v) is 4.65. The molecule has 0 aliphatic heterocycles. The molecule has 1 atom stereocenters. The number of rotatable bonds is 7. The highest BCUT2D eigenvalue weighted by molar-refractivity contribution is 8.00. The Bertz CT molecular complexity index is 806. The first-order valence-corrected chi connectivity index (χ1v) is 8.97. The summed E-state index contributed by atoms with van der Waals surface area (Å²) in [5.41, 5.74) is 2.03. The van der Waals surface area contributed by atoms with E-state index in [1.165, 1.54) is 11.8 Å². The lowest BCUT2D eigenvalue weighted by molar-refractivity contribution is -0.142. The van der Waals surface area contributed by atoms with Gasteiger partial charge in [0.25, 0.3) is 0 Å². The molecule has 3 rings (SSSR count). The van der Waals surface area contributed by atoms with E-state index in [0.29, 0.717) is 18.2 Å². The Labute approximate surface area is 150 Å². The first-order valence-electron chi connectivity index (χ1n) is 8.09. The number of ether oxygens (including phenoxy) is 1. The molecule has 3 aromatic rings. The topological polar surface area (TPSA) is 67.9 Å². The van der Waals surface area contributed by atoms with Crippen molar-refractivity contribution >= 4 is 17.7 Å². The Morgan fingerprint density at radius 1 is 1.12 bits per heavy atom. The summed E-state index contributed by atoms with van der Waals surface area (Å²) in [7, 11) is 0. The zero-order chi connectivity index (χ0) is 17.5. The predicted molar refractivity (Wildman–Crippen MR) is 97.3 cm³/mol. The van der Waals surface area contributed by atoms with Gasteiger partial charge >= 0.3 is 5.97 Å². The van der Waals surface area contributed by atoms with Crippen molar-refractivity contribution < 1.29 is 9.53 Å². The van der Waals surface area contributed by atoms with Crippen LogP contribution in [0.5, 0.6) is 0 Å². The Hall–Kier alpha value is -2.60. The second kappa shape index (κ2) is 8.48. The quantitative estimate of drug-likeness (QED) is 0.517. The third-order valence-electron chi connectivity index (χ3n) is 3.55. The highest BCUT2D eigenvalue weighted by Crippen LogP contribution is 2.34. The first-order chi connectivity index (χ1) is 12.3. The van der Waals surface area contributed by atoms with Crippen molar-refractivity contribution in [2.45, 2.75) is 23.8 Å². The van der Waals surface area contributed by atoms with E-state index in [1.54, 1.807) is 6.92 Å². The van der Waals surface area contributed by atoms with Gasteiger partial charge < -0.3 is 4.74 Å².